The summed E-state index contributed by atoms with van der Waals surface area (Å²) in [6.45, 7) is 0. The molecule has 1 amide bonds. The summed E-state index contributed by atoms with van der Waals surface area (Å²) in [6, 6.07) is 0. The Morgan fingerprint density at radius 2 is 2.08 bits per heavy atom. The zero-order chi connectivity index (χ0) is 9.23. The van der Waals surface area contributed by atoms with Gasteiger partial charge in [0.25, 0.3) is 0 Å². The molecule has 0 aliphatic carbocycles. The van der Waals surface area contributed by atoms with Crippen LogP contribution in [0.5, 0.6) is 0 Å². The third-order valence-corrected chi connectivity index (χ3v) is 1.17. The summed E-state index contributed by atoms with van der Waals surface area (Å²) in [7, 11) is 0. The highest BCUT2D eigenvalue weighted by molar-refractivity contribution is 5.70. The van der Waals surface area contributed by atoms with Crippen LogP contribution >= 0.6 is 0 Å². The van der Waals surface area contributed by atoms with Gasteiger partial charge in [-0.05, 0) is 12.8 Å². The van der Waals surface area contributed by atoms with Crippen molar-refractivity contribution < 1.29 is 19.2 Å². The number of hydroxylamine groups is 1. The molecular formula is C7H11NO4. The summed E-state index contributed by atoms with van der Waals surface area (Å²) < 4.78 is 0. The van der Waals surface area contributed by atoms with Gasteiger partial charge in [-0.3, -0.25) is 4.79 Å². The first kappa shape index (κ1) is 10.6. The van der Waals surface area contributed by atoms with Gasteiger partial charge in [-0.2, -0.15) is 5.48 Å². The molecule has 0 fully saturated rings. The van der Waals surface area contributed by atoms with E-state index in [9.17, 15) is 14.4 Å². The molecule has 0 heterocycles. The molecule has 0 radical (unpaired) electrons. The van der Waals surface area contributed by atoms with Gasteiger partial charge >= 0.3 is 5.97 Å². The Balaban J connectivity index is 3.19. The fourth-order valence-electron chi connectivity index (χ4n) is 0.638. The number of unbranched alkanes of at least 4 members (excludes halogenated alkanes) is 2. The largest absolute Gasteiger partial charge is 0.341 e. The van der Waals surface area contributed by atoms with E-state index < -0.39 is 5.97 Å². The predicted molar refractivity (Wildman–Crippen MR) is 39.8 cm³/mol. The fourth-order valence-corrected chi connectivity index (χ4v) is 0.638. The van der Waals surface area contributed by atoms with Crippen molar-refractivity contribution in [3.8, 4) is 0 Å². The first-order chi connectivity index (χ1) is 5.81. The molecule has 0 bridgehead atoms. The lowest BCUT2D eigenvalue weighted by molar-refractivity contribution is -0.154. The van der Waals surface area contributed by atoms with Crippen LogP contribution in [-0.4, -0.2) is 18.7 Å². The van der Waals surface area contributed by atoms with E-state index in [-0.39, 0.29) is 12.8 Å². The number of aldehydes is 1. The summed E-state index contributed by atoms with van der Waals surface area (Å²) in [5.74, 6) is -0.493. The second-order valence-electron chi connectivity index (χ2n) is 2.12. The highest BCUT2D eigenvalue weighted by Gasteiger charge is 2.00. The van der Waals surface area contributed by atoms with Gasteiger partial charge in [-0.15, -0.1) is 0 Å². The molecule has 12 heavy (non-hydrogen) atoms. The van der Waals surface area contributed by atoms with Gasteiger partial charge in [-0.25, -0.2) is 4.79 Å². The summed E-state index contributed by atoms with van der Waals surface area (Å²) in [5.41, 5.74) is 1.79. The van der Waals surface area contributed by atoms with Crippen molar-refractivity contribution in [1.29, 1.82) is 0 Å². The van der Waals surface area contributed by atoms with Gasteiger partial charge in [0.2, 0.25) is 6.41 Å². The maximum absolute atomic E-state index is 10.6. The van der Waals surface area contributed by atoms with E-state index >= 15 is 0 Å². The van der Waals surface area contributed by atoms with E-state index in [1.54, 1.807) is 5.48 Å². The Bertz CT molecular complexity index is 157. The van der Waals surface area contributed by atoms with E-state index in [4.69, 9.17) is 0 Å². The normalized spacial score (nSPS) is 8.67. The van der Waals surface area contributed by atoms with Gasteiger partial charge in [-0.1, -0.05) is 0 Å². The molecule has 5 heteroatoms. The van der Waals surface area contributed by atoms with Crippen molar-refractivity contribution in [1.82, 2.24) is 5.48 Å². The number of hydrogen-bond acceptors (Lipinski definition) is 4. The molecule has 0 aromatic rings. The summed E-state index contributed by atoms with van der Waals surface area (Å²) in [5, 5.41) is 0. The molecule has 0 aliphatic heterocycles. The minimum absolute atomic E-state index is 0.217. The molecule has 0 unspecified atom stereocenters. The molecule has 68 valence electrons. The van der Waals surface area contributed by atoms with Crippen molar-refractivity contribution in [2.45, 2.75) is 25.7 Å². The SMILES string of the molecule is O=CCCCCC(=O)ONC=O. The Morgan fingerprint density at radius 3 is 2.67 bits per heavy atom. The quantitative estimate of drug-likeness (QED) is 0.333. The number of amides is 1. The highest BCUT2D eigenvalue weighted by Crippen LogP contribution is 1.98. The minimum atomic E-state index is -0.493. The number of hydrogen-bond donors (Lipinski definition) is 1. The predicted octanol–water partition coefficient (Wildman–Crippen LogP) is -0.0501. The van der Waals surface area contributed by atoms with Crippen molar-refractivity contribution in [3.05, 3.63) is 0 Å². The molecule has 5 nitrogen and oxygen atoms in total. The lowest BCUT2D eigenvalue weighted by atomic mass is 10.2. The standard InChI is InChI=1S/C7H11NO4/c9-5-3-1-2-4-7(11)12-8-6-10/h5-6H,1-4H2,(H,8,10). The smallest absolute Gasteiger partial charge is 0.332 e. The van der Waals surface area contributed by atoms with Crippen LogP contribution in [0.15, 0.2) is 0 Å². The highest BCUT2D eigenvalue weighted by atomic mass is 16.7. The van der Waals surface area contributed by atoms with Gasteiger partial charge in [0.1, 0.15) is 6.29 Å². The molecular weight excluding hydrogens is 162 g/mol. The second-order valence-corrected chi connectivity index (χ2v) is 2.12. The third-order valence-electron chi connectivity index (χ3n) is 1.17. The van der Waals surface area contributed by atoms with Gasteiger partial charge in [0, 0.05) is 12.8 Å². The minimum Gasteiger partial charge on any atom is -0.341 e. The van der Waals surface area contributed by atoms with E-state index in [1.165, 1.54) is 0 Å². The van der Waals surface area contributed by atoms with Crippen LogP contribution in [-0.2, 0) is 19.2 Å². The van der Waals surface area contributed by atoms with Crippen molar-refractivity contribution >= 4 is 18.7 Å². The molecule has 0 spiro atoms. The summed E-state index contributed by atoms with van der Waals surface area (Å²) in [4.78, 5) is 34.4. The molecule has 0 saturated heterocycles. The van der Waals surface area contributed by atoms with Crippen LogP contribution in [0.2, 0.25) is 0 Å². The van der Waals surface area contributed by atoms with Crippen molar-refractivity contribution in [2.75, 3.05) is 0 Å². The van der Waals surface area contributed by atoms with Crippen LogP contribution in [0.4, 0.5) is 0 Å². The monoisotopic (exact) mass is 173 g/mol. The van der Waals surface area contributed by atoms with Gasteiger partial charge < -0.3 is 9.63 Å². The number of carbonyl (C=O) groups is 3. The zero-order valence-electron chi connectivity index (χ0n) is 6.62. The zero-order valence-corrected chi connectivity index (χ0v) is 6.62. The molecule has 0 aromatic carbocycles. The summed E-state index contributed by atoms with van der Waals surface area (Å²) in [6.07, 6.45) is 3.01. The van der Waals surface area contributed by atoms with E-state index in [0.29, 0.717) is 19.3 Å². The van der Waals surface area contributed by atoms with Gasteiger partial charge in [0.05, 0.1) is 0 Å². The van der Waals surface area contributed by atoms with Gasteiger partial charge in [0.15, 0.2) is 0 Å². The molecule has 0 aliphatic rings. The number of carbonyl (C=O) groups excluding carboxylic acids is 3. The van der Waals surface area contributed by atoms with Crippen LogP contribution in [0, 0.1) is 0 Å². The van der Waals surface area contributed by atoms with Crippen molar-refractivity contribution in [2.24, 2.45) is 0 Å². The Morgan fingerprint density at radius 1 is 1.33 bits per heavy atom. The maximum Gasteiger partial charge on any atom is 0.332 e. The maximum atomic E-state index is 10.6. The molecule has 0 rings (SSSR count). The lowest BCUT2D eigenvalue weighted by Gasteiger charge is -1.98. The molecule has 0 saturated carbocycles. The average Bonchev–Trinajstić information content (AvgIpc) is 2.09. The van der Waals surface area contributed by atoms with Crippen LogP contribution < -0.4 is 5.48 Å². The molecule has 0 atom stereocenters. The Hall–Kier alpha value is -1.39. The average molecular weight is 173 g/mol. The third kappa shape index (κ3) is 6.73. The van der Waals surface area contributed by atoms with E-state index in [2.05, 4.69) is 4.84 Å². The Kier molecular flexibility index (Phi) is 6.82. The van der Waals surface area contributed by atoms with Crippen molar-refractivity contribution in [3.63, 3.8) is 0 Å². The fraction of sp³-hybridized carbons (Fsp3) is 0.571. The first-order valence-electron chi connectivity index (χ1n) is 3.63. The van der Waals surface area contributed by atoms with Crippen LogP contribution in [0.3, 0.4) is 0 Å². The Labute approximate surface area is 70.0 Å². The number of rotatable bonds is 7. The van der Waals surface area contributed by atoms with Crippen LogP contribution in [0.25, 0.3) is 0 Å². The lowest BCUT2D eigenvalue weighted by Crippen LogP contribution is -2.17. The molecule has 1 N–H and O–H groups in total. The molecule has 0 aromatic heterocycles. The van der Waals surface area contributed by atoms with E-state index in [0.717, 1.165) is 6.29 Å². The van der Waals surface area contributed by atoms with Crippen LogP contribution in [0.1, 0.15) is 25.7 Å². The second kappa shape index (κ2) is 7.71. The topological polar surface area (TPSA) is 72.5 Å². The number of nitrogens with one attached hydrogen (secondary N) is 1. The summed E-state index contributed by atoms with van der Waals surface area (Å²) >= 11 is 0. The first-order valence-corrected chi connectivity index (χ1v) is 3.63. The van der Waals surface area contributed by atoms with E-state index in [1.807, 2.05) is 0 Å².